The van der Waals surface area contributed by atoms with E-state index in [0.717, 1.165) is 29.8 Å². The number of hydrogen-bond acceptors (Lipinski definition) is 3. The predicted molar refractivity (Wildman–Crippen MR) is 130 cm³/mol. The Balaban J connectivity index is 1.49. The number of aromatic nitrogens is 1. The van der Waals surface area contributed by atoms with Gasteiger partial charge in [-0.2, -0.15) is 0 Å². The number of benzene rings is 2. The van der Waals surface area contributed by atoms with E-state index in [1.165, 1.54) is 67.9 Å². The lowest BCUT2D eigenvalue weighted by Crippen LogP contribution is -1.99. The summed E-state index contributed by atoms with van der Waals surface area (Å²) in [6, 6.07) is 18.8. The van der Waals surface area contributed by atoms with Gasteiger partial charge in [0, 0.05) is 17.7 Å². The van der Waals surface area contributed by atoms with Gasteiger partial charge in [-0.25, -0.2) is 4.98 Å². The average molecular weight is 420 g/mol. The minimum Gasteiger partial charge on any atom is -0.487 e. The fraction of sp³-hybridized carbons (Fsp3) is 0.464. The molecule has 1 aromatic heterocycles. The quantitative estimate of drug-likeness (QED) is 0.282. The van der Waals surface area contributed by atoms with Gasteiger partial charge in [-0.05, 0) is 49.4 Å². The summed E-state index contributed by atoms with van der Waals surface area (Å²) < 4.78 is 6.14. The second kappa shape index (κ2) is 13.1. The first-order chi connectivity index (χ1) is 15.3. The van der Waals surface area contributed by atoms with E-state index in [9.17, 15) is 0 Å². The molecule has 0 aliphatic rings. The van der Waals surface area contributed by atoms with Crippen molar-refractivity contribution in [1.29, 1.82) is 0 Å². The van der Waals surface area contributed by atoms with Crippen LogP contribution in [0.15, 0.2) is 54.6 Å². The average Bonchev–Trinajstić information content (AvgIpc) is 2.80. The summed E-state index contributed by atoms with van der Waals surface area (Å²) in [5.41, 5.74) is 4.55. The molecule has 0 aliphatic heterocycles. The lowest BCUT2D eigenvalue weighted by atomic mass is 10.0. The third kappa shape index (κ3) is 7.66. The van der Waals surface area contributed by atoms with Crippen LogP contribution in [0.25, 0.3) is 10.9 Å². The van der Waals surface area contributed by atoms with Gasteiger partial charge in [0.25, 0.3) is 0 Å². The monoisotopic (exact) mass is 419 g/mol. The summed E-state index contributed by atoms with van der Waals surface area (Å²) in [6.45, 7) is 3.03. The summed E-state index contributed by atoms with van der Waals surface area (Å²) in [7, 11) is 0. The number of aliphatic hydroxyl groups excluding tert-OH is 1. The van der Waals surface area contributed by atoms with Crippen molar-refractivity contribution >= 4 is 10.9 Å². The Kier molecular flexibility index (Phi) is 9.85. The van der Waals surface area contributed by atoms with Crippen LogP contribution in [0.4, 0.5) is 0 Å². The zero-order valence-electron chi connectivity index (χ0n) is 19.0. The van der Waals surface area contributed by atoms with E-state index in [-0.39, 0.29) is 0 Å². The maximum atomic E-state index is 8.81. The van der Waals surface area contributed by atoms with Crippen molar-refractivity contribution in [2.75, 3.05) is 6.61 Å². The molecule has 1 heterocycles. The molecule has 0 unspecified atom stereocenters. The molecule has 166 valence electrons. The summed E-state index contributed by atoms with van der Waals surface area (Å²) in [5, 5.41) is 9.99. The van der Waals surface area contributed by atoms with Crippen LogP contribution in [-0.2, 0) is 13.0 Å². The van der Waals surface area contributed by atoms with Gasteiger partial charge in [-0.3, -0.25) is 0 Å². The summed E-state index contributed by atoms with van der Waals surface area (Å²) in [6.07, 6.45) is 12.1. The third-order valence-electron chi connectivity index (χ3n) is 5.92. The van der Waals surface area contributed by atoms with E-state index in [4.69, 9.17) is 14.8 Å². The molecule has 0 amide bonds. The highest BCUT2D eigenvalue weighted by molar-refractivity contribution is 5.87. The molecule has 0 aliphatic carbocycles. The van der Waals surface area contributed by atoms with Gasteiger partial charge >= 0.3 is 0 Å². The number of ether oxygens (including phenoxy) is 1. The predicted octanol–water partition coefficient (Wildman–Crippen LogP) is 7.17. The highest BCUT2D eigenvalue weighted by Gasteiger charge is 2.08. The van der Waals surface area contributed by atoms with E-state index in [2.05, 4.69) is 43.3 Å². The zero-order chi connectivity index (χ0) is 21.7. The molecule has 0 saturated carbocycles. The topological polar surface area (TPSA) is 42.4 Å². The zero-order valence-corrected chi connectivity index (χ0v) is 19.0. The molecule has 0 fully saturated rings. The van der Waals surface area contributed by atoms with Crippen LogP contribution >= 0.6 is 0 Å². The molecule has 2 aromatic carbocycles. The lowest BCUT2D eigenvalue weighted by molar-refractivity contribution is 0.282. The van der Waals surface area contributed by atoms with E-state index in [1.807, 2.05) is 18.2 Å². The first kappa shape index (κ1) is 23.3. The second-order valence-corrected chi connectivity index (χ2v) is 8.51. The Labute approximate surface area is 187 Å². The summed E-state index contributed by atoms with van der Waals surface area (Å²) in [5.74, 6) is 0.868. The van der Waals surface area contributed by atoms with Gasteiger partial charge in [0.15, 0.2) is 0 Å². The number of pyridine rings is 1. The second-order valence-electron chi connectivity index (χ2n) is 8.51. The van der Waals surface area contributed by atoms with Crippen LogP contribution in [0.1, 0.15) is 74.6 Å². The smallest absolute Gasteiger partial charge is 0.146 e. The largest absolute Gasteiger partial charge is 0.487 e. The van der Waals surface area contributed by atoms with Gasteiger partial charge in [-0.15, -0.1) is 0 Å². The third-order valence-corrected chi connectivity index (χ3v) is 5.92. The van der Waals surface area contributed by atoms with E-state index in [1.54, 1.807) is 0 Å². The first-order valence-corrected chi connectivity index (χ1v) is 11.9. The Bertz CT molecular complexity index is 908. The van der Waals surface area contributed by atoms with Gasteiger partial charge in [0.1, 0.15) is 17.9 Å². The molecule has 3 heteroatoms. The van der Waals surface area contributed by atoms with Crippen molar-refractivity contribution in [1.82, 2.24) is 4.98 Å². The number of nitrogens with zero attached hydrogens (tertiary/aromatic N) is 1. The molecule has 0 atom stereocenters. The normalized spacial score (nSPS) is 11.2. The molecule has 0 radical (unpaired) electrons. The molecule has 0 bridgehead atoms. The Morgan fingerprint density at radius 2 is 1.42 bits per heavy atom. The van der Waals surface area contributed by atoms with Crippen molar-refractivity contribution in [3.8, 4) is 5.75 Å². The van der Waals surface area contributed by atoms with Crippen LogP contribution in [0.5, 0.6) is 5.75 Å². The molecular formula is C28H37NO2. The Hall–Kier alpha value is -2.39. The lowest BCUT2D eigenvalue weighted by Gasteiger charge is -2.12. The van der Waals surface area contributed by atoms with Gasteiger partial charge in [0.2, 0.25) is 0 Å². The van der Waals surface area contributed by atoms with Gasteiger partial charge < -0.3 is 9.84 Å². The van der Waals surface area contributed by atoms with Crippen LogP contribution in [0.2, 0.25) is 0 Å². The molecule has 31 heavy (non-hydrogen) atoms. The van der Waals surface area contributed by atoms with Crippen molar-refractivity contribution < 1.29 is 9.84 Å². The van der Waals surface area contributed by atoms with E-state index in [0.29, 0.717) is 13.2 Å². The van der Waals surface area contributed by atoms with Crippen molar-refractivity contribution in [2.24, 2.45) is 0 Å². The first-order valence-electron chi connectivity index (χ1n) is 11.9. The van der Waals surface area contributed by atoms with Crippen molar-refractivity contribution in [3.05, 3.63) is 71.4 Å². The minimum absolute atomic E-state index is 0.336. The number of aliphatic hydroxyl groups is 1. The van der Waals surface area contributed by atoms with Crippen LogP contribution < -0.4 is 4.74 Å². The van der Waals surface area contributed by atoms with E-state index < -0.39 is 0 Å². The summed E-state index contributed by atoms with van der Waals surface area (Å²) in [4.78, 5) is 4.98. The Morgan fingerprint density at radius 1 is 0.742 bits per heavy atom. The fourth-order valence-corrected chi connectivity index (χ4v) is 4.02. The van der Waals surface area contributed by atoms with Gasteiger partial charge in [-0.1, -0.05) is 87.4 Å². The number of fused-ring (bicyclic) bond motifs is 1. The van der Waals surface area contributed by atoms with E-state index >= 15 is 0 Å². The minimum atomic E-state index is 0.336. The van der Waals surface area contributed by atoms with Crippen LogP contribution in [-0.4, -0.2) is 16.7 Å². The number of rotatable bonds is 14. The molecule has 3 rings (SSSR count). The summed E-state index contributed by atoms with van der Waals surface area (Å²) >= 11 is 0. The fourth-order valence-electron chi connectivity index (χ4n) is 4.02. The highest BCUT2D eigenvalue weighted by atomic mass is 16.5. The number of aryl methyl sites for hydroxylation is 2. The molecule has 0 spiro atoms. The standard InChI is InChI=1S/C28H37NO2/c1-23-17-20-27(31-22-24-14-10-9-11-15-24)28-26(23)19-18-25(29-28)16-12-7-5-3-2-4-6-8-13-21-30/h9-11,14-15,17-20,30H,2-8,12-13,16,21-22H2,1H3. The van der Waals surface area contributed by atoms with Crippen molar-refractivity contribution in [3.63, 3.8) is 0 Å². The van der Waals surface area contributed by atoms with Crippen molar-refractivity contribution in [2.45, 2.75) is 77.7 Å². The molecule has 3 aromatic rings. The maximum Gasteiger partial charge on any atom is 0.146 e. The molecule has 0 saturated heterocycles. The van der Waals surface area contributed by atoms with Crippen LogP contribution in [0, 0.1) is 6.92 Å². The number of unbranched alkanes of at least 4 members (excludes halogenated alkanes) is 8. The molecule has 3 nitrogen and oxygen atoms in total. The SMILES string of the molecule is Cc1ccc(OCc2ccccc2)c2nc(CCCCCCCCCCCO)ccc12. The molecular weight excluding hydrogens is 382 g/mol. The van der Waals surface area contributed by atoms with Gasteiger partial charge in [0.05, 0.1) is 0 Å². The Morgan fingerprint density at radius 3 is 2.13 bits per heavy atom. The molecule has 1 N–H and O–H groups in total. The van der Waals surface area contributed by atoms with Crippen LogP contribution in [0.3, 0.4) is 0 Å². The maximum absolute atomic E-state index is 8.81. The number of hydrogen-bond donors (Lipinski definition) is 1. The highest BCUT2D eigenvalue weighted by Crippen LogP contribution is 2.28.